The van der Waals surface area contributed by atoms with Gasteiger partial charge in [-0.25, -0.2) is 0 Å². The van der Waals surface area contributed by atoms with Crippen molar-refractivity contribution in [2.75, 3.05) is 0 Å². The zero-order valence-corrected chi connectivity index (χ0v) is 9.41. The highest BCUT2D eigenvalue weighted by Crippen LogP contribution is 2.34. The summed E-state index contributed by atoms with van der Waals surface area (Å²) < 4.78 is 2.74. The first kappa shape index (κ1) is 9.19. The Morgan fingerprint density at radius 1 is 1.31 bits per heavy atom. The zero-order valence-electron chi connectivity index (χ0n) is 7.78. The molecular weight excluding hydrogens is 198 g/mol. The number of hydrogen-bond donors (Lipinski definition) is 1. The number of rotatable bonds is 2. The minimum absolute atomic E-state index is 0.199. The van der Waals surface area contributed by atoms with Crippen LogP contribution in [0, 0.1) is 5.92 Å². The van der Waals surface area contributed by atoms with E-state index < -0.39 is 0 Å². The molecule has 2 aromatic heterocycles. The summed E-state index contributed by atoms with van der Waals surface area (Å²) in [5, 5.41) is 2.13. The number of thiophene rings is 2. The van der Waals surface area contributed by atoms with Crippen LogP contribution in [0.1, 0.15) is 24.8 Å². The van der Waals surface area contributed by atoms with E-state index in [2.05, 4.69) is 31.4 Å². The molecule has 3 heteroatoms. The van der Waals surface area contributed by atoms with Crippen molar-refractivity contribution in [2.45, 2.75) is 19.9 Å². The van der Waals surface area contributed by atoms with E-state index in [0.29, 0.717) is 5.92 Å². The molecular formula is C10H13NS2. The largest absolute Gasteiger partial charge is 0.323 e. The third-order valence-corrected chi connectivity index (χ3v) is 4.40. The van der Waals surface area contributed by atoms with Crippen molar-refractivity contribution in [1.29, 1.82) is 0 Å². The summed E-state index contributed by atoms with van der Waals surface area (Å²) in [6, 6.07) is 4.60. The topological polar surface area (TPSA) is 26.0 Å². The highest BCUT2D eigenvalue weighted by atomic mass is 32.1. The van der Waals surface area contributed by atoms with Gasteiger partial charge in [-0.15, -0.1) is 22.7 Å². The Kier molecular flexibility index (Phi) is 2.41. The molecule has 1 nitrogen and oxygen atoms in total. The first-order chi connectivity index (χ1) is 6.18. The fourth-order valence-corrected chi connectivity index (χ4v) is 3.57. The molecule has 2 heterocycles. The number of fused-ring (bicyclic) bond motifs is 1. The van der Waals surface area contributed by atoms with Crippen molar-refractivity contribution in [2.24, 2.45) is 11.7 Å². The summed E-state index contributed by atoms with van der Waals surface area (Å²) in [7, 11) is 0. The highest BCUT2D eigenvalue weighted by Gasteiger charge is 2.13. The maximum Gasteiger partial charge on any atom is 0.0454 e. The van der Waals surface area contributed by atoms with Gasteiger partial charge in [-0.2, -0.15) is 0 Å². The Labute approximate surface area is 86.2 Å². The number of nitrogens with two attached hydrogens (primary N) is 1. The van der Waals surface area contributed by atoms with Crippen molar-refractivity contribution >= 4 is 32.1 Å². The summed E-state index contributed by atoms with van der Waals surface area (Å²) in [6.45, 7) is 4.33. The molecule has 13 heavy (non-hydrogen) atoms. The average Bonchev–Trinajstić information content (AvgIpc) is 2.59. The molecule has 0 saturated heterocycles. The maximum atomic E-state index is 6.08. The molecule has 1 atom stereocenters. The van der Waals surface area contributed by atoms with Gasteiger partial charge in [0.2, 0.25) is 0 Å². The van der Waals surface area contributed by atoms with Gasteiger partial charge in [0.05, 0.1) is 0 Å². The Morgan fingerprint density at radius 2 is 2.08 bits per heavy atom. The molecule has 0 aliphatic rings. The lowest BCUT2D eigenvalue weighted by atomic mass is 10.0. The second-order valence-electron chi connectivity index (χ2n) is 3.57. The summed E-state index contributed by atoms with van der Waals surface area (Å²) >= 11 is 3.62. The van der Waals surface area contributed by atoms with Crippen molar-refractivity contribution in [3.8, 4) is 0 Å². The molecule has 2 rings (SSSR count). The van der Waals surface area contributed by atoms with Crippen molar-refractivity contribution in [1.82, 2.24) is 0 Å². The van der Waals surface area contributed by atoms with Gasteiger partial charge in [-0.1, -0.05) is 13.8 Å². The van der Waals surface area contributed by atoms with E-state index in [0.717, 1.165) is 0 Å². The molecule has 0 aliphatic carbocycles. The van der Waals surface area contributed by atoms with Gasteiger partial charge < -0.3 is 5.73 Å². The van der Waals surface area contributed by atoms with Crippen LogP contribution in [0.2, 0.25) is 0 Å². The first-order valence-electron chi connectivity index (χ1n) is 4.41. The lowest BCUT2D eigenvalue weighted by Crippen LogP contribution is -2.14. The van der Waals surface area contributed by atoms with Gasteiger partial charge in [0.15, 0.2) is 0 Å². The van der Waals surface area contributed by atoms with Crippen LogP contribution < -0.4 is 5.73 Å². The van der Waals surface area contributed by atoms with Crippen LogP contribution in [0.15, 0.2) is 17.5 Å². The molecule has 0 radical (unpaired) electrons. The Bertz CT molecular complexity index is 371. The first-order valence-corrected chi connectivity index (χ1v) is 6.10. The molecule has 2 aromatic rings. The molecule has 2 N–H and O–H groups in total. The van der Waals surface area contributed by atoms with Gasteiger partial charge in [-0.05, 0) is 23.4 Å². The van der Waals surface area contributed by atoms with Crippen LogP contribution in [-0.4, -0.2) is 0 Å². The molecule has 0 saturated carbocycles. The maximum absolute atomic E-state index is 6.08. The SMILES string of the molecule is CC(C)C(N)c1cc2sccc2s1. The molecule has 0 bridgehead atoms. The second kappa shape index (κ2) is 3.40. The quantitative estimate of drug-likeness (QED) is 0.806. The van der Waals surface area contributed by atoms with E-state index >= 15 is 0 Å². The van der Waals surface area contributed by atoms with E-state index in [9.17, 15) is 0 Å². The van der Waals surface area contributed by atoms with Crippen LogP contribution in [-0.2, 0) is 0 Å². The molecule has 0 amide bonds. The van der Waals surface area contributed by atoms with E-state index in [-0.39, 0.29) is 6.04 Å². The summed E-state index contributed by atoms with van der Waals surface area (Å²) in [5.41, 5.74) is 6.08. The minimum atomic E-state index is 0.199. The van der Waals surface area contributed by atoms with Crippen LogP contribution in [0.4, 0.5) is 0 Å². The van der Waals surface area contributed by atoms with Gasteiger partial charge in [0.25, 0.3) is 0 Å². The van der Waals surface area contributed by atoms with Gasteiger partial charge in [0, 0.05) is 20.3 Å². The van der Waals surface area contributed by atoms with Crippen LogP contribution >= 0.6 is 22.7 Å². The molecule has 1 unspecified atom stereocenters. The van der Waals surface area contributed by atoms with E-state index in [1.165, 1.54) is 14.3 Å². The number of hydrogen-bond acceptors (Lipinski definition) is 3. The molecule has 0 aliphatic heterocycles. The minimum Gasteiger partial charge on any atom is -0.323 e. The Morgan fingerprint density at radius 3 is 2.69 bits per heavy atom. The predicted octanol–water partition coefficient (Wildman–Crippen LogP) is 3.62. The third-order valence-electron chi connectivity index (χ3n) is 2.21. The standard InChI is InChI=1S/C10H13NS2/c1-6(2)10(11)9-5-8-7(13-9)3-4-12-8/h3-6,10H,11H2,1-2H3. The van der Waals surface area contributed by atoms with Crippen LogP contribution in [0.25, 0.3) is 9.40 Å². The molecule has 70 valence electrons. The van der Waals surface area contributed by atoms with Gasteiger partial charge in [-0.3, -0.25) is 0 Å². The zero-order chi connectivity index (χ0) is 9.42. The van der Waals surface area contributed by atoms with Crippen molar-refractivity contribution in [3.63, 3.8) is 0 Å². The molecule has 0 aromatic carbocycles. The van der Waals surface area contributed by atoms with Crippen LogP contribution in [0.5, 0.6) is 0 Å². The smallest absolute Gasteiger partial charge is 0.0454 e. The second-order valence-corrected chi connectivity index (χ2v) is 5.63. The predicted molar refractivity (Wildman–Crippen MR) is 61.5 cm³/mol. The normalized spacial score (nSPS) is 14.2. The van der Waals surface area contributed by atoms with Crippen LogP contribution in [0.3, 0.4) is 0 Å². The van der Waals surface area contributed by atoms with Gasteiger partial charge in [0.1, 0.15) is 0 Å². The molecule has 0 spiro atoms. The van der Waals surface area contributed by atoms with Crippen molar-refractivity contribution in [3.05, 3.63) is 22.4 Å². The fourth-order valence-electron chi connectivity index (χ4n) is 1.28. The monoisotopic (exact) mass is 211 g/mol. The van der Waals surface area contributed by atoms with E-state index in [1.54, 1.807) is 11.3 Å². The summed E-state index contributed by atoms with van der Waals surface area (Å²) in [6.07, 6.45) is 0. The van der Waals surface area contributed by atoms with E-state index in [4.69, 9.17) is 5.73 Å². The summed E-state index contributed by atoms with van der Waals surface area (Å²) in [4.78, 5) is 1.32. The summed E-state index contributed by atoms with van der Waals surface area (Å²) in [5.74, 6) is 0.521. The Balaban J connectivity index is 2.39. The highest BCUT2D eigenvalue weighted by molar-refractivity contribution is 7.26. The lowest BCUT2D eigenvalue weighted by molar-refractivity contribution is 0.522. The third kappa shape index (κ3) is 1.64. The average molecular weight is 211 g/mol. The van der Waals surface area contributed by atoms with Gasteiger partial charge >= 0.3 is 0 Å². The lowest BCUT2D eigenvalue weighted by Gasteiger charge is -2.12. The molecule has 0 fully saturated rings. The Hall–Kier alpha value is -0.380. The van der Waals surface area contributed by atoms with E-state index in [1.807, 2.05) is 11.3 Å². The fraction of sp³-hybridized carbons (Fsp3) is 0.400. The van der Waals surface area contributed by atoms with Crippen molar-refractivity contribution < 1.29 is 0 Å².